The molecule has 1 aliphatic rings. The maximum absolute atomic E-state index is 6.18. The first-order valence-electron chi connectivity index (χ1n) is 15.6. The number of hydrogen-bond donors (Lipinski definition) is 2. The van der Waals surface area contributed by atoms with Gasteiger partial charge in [0, 0.05) is 23.8 Å². The molecule has 0 spiro atoms. The van der Waals surface area contributed by atoms with Crippen LogP contribution in [-0.4, -0.2) is 15.0 Å². The van der Waals surface area contributed by atoms with Crippen LogP contribution < -0.4 is 15.8 Å². The predicted molar refractivity (Wildman–Crippen MR) is 190 cm³/mol. The van der Waals surface area contributed by atoms with Crippen molar-refractivity contribution in [2.75, 3.05) is 11.1 Å². The highest BCUT2D eigenvalue weighted by atomic mass is 16.5. The Labute approximate surface area is 269 Å². The van der Waals surface area contributed by atoms with Gasteiger partial charge in [-0.3, -0.25) is 0 Å². The van der Waals surface area contributed by atoms with E-state index in [2.05, 4.69) is 103 Å². The summed E-state index contributed by atoms with van der Waals surface area (Å²) in [6.45, 7) is 13.9. The van der Waals surface area contributed by atoms with Gasteiger partial charge in [-0.05, 0) is 99.9 Å². The number of anilines is 2. The van der Waals surface area contributed by atoms with Crippen molar-refractivity contribution in [3.05, 3.63) is 138 Å². The Morgan fingerprint density at radius 1 is 1.00 bits per heavy atom. The number of benzene rings is 2. The monoisotopic (exact) mass is 601 g/mol. The Kier molecular flexibility index (Phi) is 14.3. The summed E-state index contributed by atoms with van der Waals surface area (Å²) in [7, 11) is 0. The van der Waals surface area contributed by atoms with Gasteiger partial charge in [-0.1, -0.05) is 86.7 Å². The minimum Gasteiger partial charge on any atom is -0.438 e. The quantitative estimate of drug-likeness (QED) is 0.176. The molecule has 0 atom stereocenters. The van der Waals surface area contributed by atoms with Crippen molar-refractivity contribution in [3.8, 4) is 22.9 Å². The van der Waals surface area contributed by atoms with Gasteiger partial charge in [0.2, 0.25) is 11.8 Å². The third-order valence-electron chi connectivity index (χ3n) is 7.02. The maximum Gasteiger partial charge on any atom is 0.228 e. The fraction of sp³-hybridized carbons (Fsp3) is 0.256. The molecule has 0 unspecified atom stereocenters. The number of allylic oxidation sites excluding steroid dienone is 7. The molecule has 2 heterocycles. The minimum atomic E-state index is 0.215. The van der Waals surface area contributed by atoms with Gasteiger partial charge in [-0.15, -0.1) is 0 Å². The second-order valence-electron chi connectivity index (χ2n) is 10.7. The van der Waals surface area contributed by atoms with E-state index in [1.165, 1.54) is 24.0 Å². The Hall–Kier alpha value is -4.97. The molecule has 234 valence electrons. The van der Waals surface area contributed by atoms with Crippen LogP contribution in [0, 0.1) is 0 Å². The molecular formula is C39H47N5O. The number of aromatic nitrogens is 3. The van der Waals surface area contributed by atoms with Gasteiger partial charge < -0.3 is 15.8 Å². The number of hydrogen-bond acceptors (Lipinski definition) is 6. The number of nitrogen functional groups attached to an aromatic ring is 1. The number of nitrogens with two attached hydrogens (primary N) is 1. The van der Waals surface area contributed by atoms with Crippen LogP contribution in [0.25, 0.3) is 11.3 Å². The van der Waals surface area contributed by atoms with Crippen LogP contribution in [0.1, 0.15) is 70.9 Å². The molecule has 3 N–H and O–H groups in total. The summed E-state index contributed by atoms with van der Waals surface area (Å²) >= 11 is 0. The van der Waals surface area contributed by atoms with E-state index in [1.807, 2.05) is 43.3 Å². The number of rotatable bonds is 10. The van der Waals surface area contributed by atoms with Crippen LogP contribution in [0.15, 0.2) is 127 Å². The molecule has 4 aromatic rings. The van der Waals surface area contributed by atoms with Gasteiger partial charge in [0.25, 0.3) is 0 Å². The zero-order valence-electron chi connectivity index (χ0n) is 27.3. The summed E-state index contributed by atoms with van der Waals surface area (Å²) in [5.74, 6) is 2.38. The molecule has 0 amide bonds. The number of pyridine rings is 1. The Morgan fingerprint density at radius 2 is 1.78 bits per heavy atom. The highest BCUT2D eigenvalue weighted by Gasteiger charge is 2.22. The zero-order chi connectivity index (χ0) is 32.4. The lowest BCUT2D eigenvalue weighted by Gasteiger charge is -2.14. The summed E-state index contributed by atoms with van der Waals surface area (Å²) < 4.78 is 6.18. The minimum absolute atomic E-state index is 0.215. The molecule has 5 rings (SSSR count). The molecule has 45 heavy (non-hydrogen) atoms. The molecule has 2 aromatic heterocycles. The van der Waals surface area contributed by atoms with Crippen LogP contribution in [-0.2, 0) is 6.42 Å². The third kappa shape index (κ3) is 11.9. The van der Waals surface area contributed by atoms with Crippen molar-refractivity contribution in [1.82, 2.24) is 15.0 Å². The topological polar surface area (TPSA) is 86.0 Å². The summed E-state index contributed by atoms with van der Waals surface area (Å²) in [6, 6.07) is 22.4. The molecule has 6 nitrogen and oxygen atoms in total. The van der Waals surface area contributed by atoms with Crippen molar-refractivity contribution in [2.45, 2.75) is 66.2 Å². The largest absolute Gasteiger partial charge is 0.438 e. The second-order valence-corrected chi connectivity index (χ2v) is 10.7. The maximum atomic E-state index is 6.18. The van der Waals surface area contributed by atoms with Crippen LogP contribution in [0.5, 0.6) is 11.6 Å². The average Bonchev–Trinajstić information content (AvgIpc) is 3.92. The first-order chi connectivity index (χ1) is 21.9. The lowest BCUT2D eigenvalue weighted by molar-refractivity contribution is 0.459. The Morgan fingerprint density at radius 3 is 2.42 bits per heavy atom. The van der Waals surface area contributed by atoms with E-state index >= 15 is 0 Å². The van der Waals surface area contributed by atoms with Gasteiger partial charge in [-0.2, -0.15) is 0 Å². The molecule has 0 radical (unpaired) electrons. The molecule has 0 saturated heterocycles. The van der Waals surface area contributed by atoms with Crippen LogP contribution >= 0.6 is 0 Å². The summed E-state index contributed by atoms with van der Waals surface area (Å²) in [6.07, 6.45) is 17.9. The normalized spacial score (nSPS) is 12.8. The first-order valence-corrected chi connectivity index (χ1v) is 15.6. The first kappa shape index (κ1) is 34.5. The number of nitrogens with zero attached hydrogens (tertiary/aromatic N) is 3. The molecule has 1 saturated carbocycles. The zero-order valence-corrected chi connectivity index (χ0v) is 27.3. The van der Waals surface area contributed by atoms with Gasteiger partial charge in [0.15, 0.2) is 0 Å². The van der Waals surface area contributed by atoms with Gasteiger partial charge in [0.1, 0.15) is 5.75 Å². The number of ether oxygens (including phenoxy) is 1. The van der Waals surface area contributed by atoms with E-state index in [0.717, 1.165) is 47.0 Å². The molecule has 0 aliphatic heterocycles. The third-order valence-corrected chi connectivity index (χ3v) is 7.02. The Balaban J connectivity index is 0.000000262. The summed E-state index contributed by atoms with van der Waals surface area (Å²) in [5.41, 5.74) is 13.2. The molecular weight excluding hydrogens is 554 g/mol. The lowest BCUT2D eigenvalue weighted by Crippen LogP contribution is -2.00. The fourth-order valence-electron chi connectivity index (χ4n) is 4.37. The van der Waals surface area contributed by atoms with Crippen molar-refractivity contribution in [1.29, 1.82) is 0 Å². The SMILES string of the molecule is C=C/C=C\C(C)=C/C.CC/C=C(/C)Nc1ccc(Oc2ncccc2-c2ccnc(N)n2)c(CC)c1.c1ccc(C2CC2)cc1. The predicted octanol–water partition coefficient (Wildman–Crippen LogP) is 10.5. The smallest absolute Gasteiger partial charge is 0.228 e. The van der Waals surface area contributed by atoms with E-state index in [0.29, 0.717) is 11.6 Å². The van der Waals surface area contributed by atoms with E-state index in [4.69, 9.17) is 10.5 Å². The van der Waals surface area contributed by atoms with Crippen molar-refractivity contribution < 1.29 is 4.74 Å². The number of nitrogens with one attached hydrogen (secondary N) is 1. The molecule has 6 heteroatoms. The van der Waals surface area contributed by atoms with Crippen molar-refractivity contribution in [2.24, 2.45) is 0 Å². The highest BCUT2D eigenvalue weighted by molar-refractivity contribution is 5.66. The van der Waals surface area contributed by atoms with Crippen LogP contribution in [0.3, 0.4) is 0 Å². The molecule has 2 aromatic carbocycles. The summed E-state index contributed by atoms with van der Waals surface area (Å²) in [5, 5.41) is 3.41. The fourth-order valence-corrected chi connectivity index (χ4v) is 4.37. The van der Waals surface area contributed by atoms with Crippen LogP contribution in [0.2, 0.25) is 0 Å². The van der Waals surface area contributed by atoms with Crippen molar-refractivity contribution in [3.63, 3.8) is 0 Å². The molecule has 0 bridgehead atoms. The van der Waals surface area contributed by atoms with Gasteiger partial charge >= 0.3 is 0 Å². The Bertz CT molecular complexity index is 1590. The van der Waals surface area contributed by atoms with Gasteiger partial charge in [0.05, 0.1) is 11.3 Å². The summed E-state index contributed by atoms with van der Waals surface area (Å²) in [4.78, 5) is 12.6. The lowest BCUT2D eigenvalue weighted by atomic mass is 10.1. The molecule has 1 aliphatic carbocycles. The average molecular weight is 602 g/mol. The van der Waals surface area contributed by atoms with E-state index in [9.17, 15) is 0 Å². The molecule has 1 fully saturated rings. The van der Waals surface area contributed by atoms with E-state index in [1.54, 1.807) is 24.5 Å². The van der Waals surface area contributed by atoms with Crippen molar-refractivity contribution >= 4 is 11.6 Å². The standard InChI is InChI=1S/C22H25N5O.C9H10.C8H12/c1-4-7-15(3)26-17-9-10-20(16(5-2)14-17)28-21-18(8-6-12-24-21)19-11-13-25-22(23)27-19;1-2-4-8(5-3-1)9-6-7-9;1-4-6-7-8(3)5-2/h6-14,26H,4-5H2,1-3H3,(H2,23,25,27);1-5,9H,6-7H2;4-7H,1H2,2-3H3/b15-7-;;7-6-,8-5-. The number of aryl methyl sites for hydroxylation is 1. The van der Waals surface area contributed by atoms with E-state index in [-0.39, 0.29) is 5.95 Å². The highest BCUT2D eigenvalue weighted by Crippen LogP contribution is 2.39. The van der Waals surface area contributed by atoms with Gasteiger partial charge in [-0.25, -0.2) is 15.0 Å². The second kappa shape index (κ2) is 18.6. The van der Waals surface area contributed by atoms with Crippen LogP contribution in [0.4, 0.5) is 11.6 Å². The van der Waals surface area contributed by atoms with E-state index < -0.39 is 0 Å².